The zero-order valence-corrected chi connectivity index (χ0v) is 19.0. The molecule has 7 nitrogen and oxygen atoms in total. The van der Waals surface area contributed by atoms with Crippen LogP contribution >= 0.6 is 0 Å². The summed E-state index contributed by atoms with van der Waals surface area (Å²) in [4.78, 5) is 32.1. The number of amides is 2. The Morgan fingerprint density at radius 2 is 1.79 bits per heavy atom. The molecule has 0 aliphatic carbocycles. The molecule has 1 fully saturated rings. The molecule has 1 saturated heterocycles. The molecule has 2 heterocycles. The van der Waals surface area contributed by atoms with E-state index < -0.39 is 23.5 Å². The minimum atomic E-state index is -1.04. The van der Waals surface area contributed by atoms with Crippen molar-refractivity contribution in [1.82, 2.24) is 20.5 Å². The lowest BCUT2D eigenvalue weighted by atomic mass is 9.97. The zero-order valence-electron chi connectivity index (χ0n) is 19.0. The third-order valence-corrected chi connectivity index (χ3v) is 6.13. The van der Waals surface area contributed by atoms with E-state index in [9.17, 15) is 18.4 Å². The number of rotatable bonds is 8. The van der Waals surface area contributed by atoms with E-state index in [1.807, 2.05) is 6.92 Å². The third kappa shape index (κ3) is 6.47. The topological polar surface area (TPSA) is 100 Å². The molecule has 33 heavy (non-hydrogen) atoms. The van der Waals surface area contributed by atoms with Crippen LogP contribution in [0, 0.1) is 18.6 Å². The summed E-state index contributed by atoms with van der Waals surface area (Å²) in [6.45, 7) is 5.49. The van der Waals surface area contributed by atoms with Crippen molar-refractivity contribution in [3.63, 3.8) is 0 Å². The minimum absolute atomic E-state index is 0.0348. The Balaban J connectivity index is 1.70. The highest BCUT2D eigenvalue weighted by Gasteiger charge is 2.26. The Morgan fingerprint density at radius 3 is 2.45 bits per heavy atom. The summed E-state index contributed by atoms with van der Waals surface area (Å²) in [5.74, 6) is -3.16. The fourth-order valence-electron chi connectivity index (χ4n) is 4.01. The molecule has 2 amide bonds. The monoisotopic (exact) mass is 459 g/mol. The number of nitrogens with zero attached hydrogens (tertiary/aromatic N) is 2. The quantitative estimate of drug-likeness (QED) is 0.564. The van der Waals surface area contributed by atoms with Gasteiger partial charge in [-0.3, -0.25) is 14.5 Å². The Kier molecular flexibility index (Phi) is 8.32. The number of piperidine rings is 1. The number of pyridine rings is 1. The van der Waals surface area contributed by atoms with Crippen molar-refractivity contribution in [3.8, 4) is 0 Å². The van der Waals surface area contributed by atoms with Crippen LogP contribution in [0.2, 0.25) is 0 Å². The van der Waals surface area contributed by atoms with Crippen LogP contribution in [0.1, 0.15) is 48.9 Å². The average molecular weight is 460 g/mol. The molecule has 9 heteroatoms. The number of carbonyl (C=O) groups excluding carboxylic acids is 2. The number of benzene rings is 1. The highest BCUT2D eigenvalue weighted by atomic mass is 19.2. The van der Waals surface area contributed by atoms with Crippen LogP contribution in [-0.4, -0.2) is 47.4 Å². The lowest BCUT2D eigenvalue weighted by molar-refractivity contribution is -0.126. The van der Waals surface area contributed by atoms with Crippen LogP contribution in [0.25, 0.3) is 0 Å². The molecule has 0 spiro atoms. The summed E-state index contributed by atoms with van der Waals surface area (Å²) < 4.78 is 27.4. The van der Waals surface area contributed by atoms with Crippen molar-refractivity contribution in [1.29, 1.82) is 0 Å². The number of hydrogen-bond donors (Lipinski definition) is 3. The molecule has 2 atom stereocenters. The van der Waals surface area contributed by atoms with Crippen molar-refractivity contribution in [2.45, 2.75) is 51.6 Å². The van der Waals surface area contributed by atoms with Crippen LogP contribution in [0.4, 0.5) is 14.6 Å². The first-order chi connectivity index (χ1) is 15.8. The first-order valence-corrected chi connectivity index (χ1v) is 11.2. The van der Waals surface area contributed by atoms with Gasteiger partial charge in [-0.05, 0) is 69.1 Å². The second kappa shape index (κ2) is 11.2. The van der Waals surface area contributed by atoms with Gasteiger partial charge in [-0.15, -0.1) is 0 Å². The van der Waals surface area contributed by atoms with Crippen LogP contribution in [0.15, 0.2) is 30.3 Å². The molecule has 1 aliphatic rings. The molecule has 0 bridgehead atoms. The maximum absolute atomic E-state index is 13.9. The minimum Gasteiger partial charge on any atom is -0.384 e. The van der Waals surface area contributed by atoms with Gasteiger partial charge in [0.2, 0.25) is 11.8 Å². The Hall–Kier alpha value is -3.07. The average Bonchev–Trinajstić information content (AvgIpc) is 2.80. The van der Waals surface area contributed by atoms with Gasteiger partial charge in [0.15, 0.2) is 11.6 Å². The highest BCUT2D eigenvalue weighted by Crippen LogP contribution is 2.20. The molecule has 2 aromatic rings. The summed E-state index contributed by atoms with van der Waals surface area (Å²) in [6, 6.07) is 6.42. The summed E-state index contributed by atoms with van der Waals surface area (Å²) in [6.07, 6.45) is 3.26. The number of nitrogens with two attached hydrogens (primary N) is 1. The van der Waals surface area contributed by atoms with E-state index in [1.54, 1.807) is 19.1 Å². The van der Waals surface area contributed by atoms with Gasteiger partial charge >= 0.3 is 0 Å². The highest BCUT2D eigenvalue weighted by molar-refractivity contribution is 5.86. The SMILES string of the molecule is Cc1nc(N)ccc1CNC(=O)[C@@H](CNC(=O)[C@@H](C)N1CCCCC1)c1ccc(F)c(F)c1. The molecule has 4 N–H and O–H groups in total. The number of aromatic nitrogens is 1. The van der Waals surface area contributed by atoms with E-state index in [0.717, 1.165) is 50.0 Å². The van der Waals surface area contributed by atoms with Gasteiger partial charge in [0, 0.05) is 18.8 Å². The van der Waals surface area contributed by atoms with Crippen LogP contribution in [0.3, 0.4) is 0 Å². The Bertz CT molecular complexity index is 995. The Labute approximate surface area is 192 Å². The smallest absolute Gasteiger partial charge is 0.237 e. The first kappa shape index (κ1) is 24.6. The van der Waals surface area contributed by atoms with Crippen LogP contribution < -0.4 is 16.4 Å². The molecule has 0 radical (unpaired) electrons. The van der Waals surface area contributed by atoms with Gasteiger partial charge < -0.3 is 16.4 Å². The van der Waals surface area contributed by atoms with E-state index in [0.29, 0.717) is 11.5 Å². The molecule has 1 aromatic heterocycles. The van der Waals surface area contributed by atoms with E-state index in [2.05, 4.69) is 20.5 Å². The molecule has 1 aromatic carbocycles. The fraction of sp³-hybridized carbons (Fsp3) is 0.458. The molecule has 1 aliphatic heterocycles. The molecule has 178 valence electrons. The maximum Gasteiger partial charge on any atom is 0.237 e. The van der Waals surface area contributed by atoms with Crippen molar-refractivity contribution >= 4 is 17.6 Å². The van der Waals surface area contributed by atoms with Gasteiger partial charge in [0.05, 0.1) is 12.0 Å². The number of nitrogen functional groups attached to an aromatic ring is 1. The number of halogens is 2. The summed E-state index contributed by atoms with van der Waals surface area (Å²) >= 11 is 0. The third-order valence-electron chi connectivity index (χ3n) is 6.13. The first-order valence-electron chi connectivity index (χ1n) is 11.2. The predicted molar refractivity (Wildman–Crippen MR) is 122 cm³/mol. The molecular formula is C24H31F2N5O2. The number of carbonyl (C=O) groups is 2. The van der Waals surface area contributed by atoms with Crippen LogP contribution in [0.5, 0.6) is 0 Å². The predicted octanol–water partition coefficient (Wildman–Crippen LogP) is 2.64. The second-order valence-corrected chi connectivity index (χ2v) is 8.44. The van der Waals surface area contributed by atoms with Crippen LogP contribution in [-0.2, 0) is 16.1 Å². The van der Waals surface area contributed by atoms with Gasteiger partial charge in [0.1, 0.15) is 5.82 Å². The van der Waals surface area contributed by atoms with E-state index in [4.69, 9.17) is 5.73 Å². The summed E-state index contributed by atoms with van der Waals surface area (Å²) in [7, 11) is 0. The van der Waals surface area contributed by atoms with Gasteiger partial charge in [-0.2, -0.15) is 0 Å². The maximum atomic E-state index is 13.9. The van der Waals surface area contributed by atoms with E-state index in [1.165, 1.54) is 6.07 Å². The van der Waals surface area contributed by atoms with Crippen molar-refractivity contribution in [3.05, 3.63) is 58.8 Å². The normalized spacial score (nSPS) is 16.1. The van der Waals surface area contributed by atoms with E-state index in [-0.39, 0.29) is 30.6 Å². The number of aryl methyl sites for hydroxylation is 1. The van der Waals surface area contributed by atoms with Crippen molar-refractivity contribution in [2.24, 2.45) is 0 Å². The number of nitrogens with one attached hydrogen (secondary N) is 2. The van der Waals surface area contributed by atoms with E-state index >= 15 is 0 Å². The molecule has 0 unspecified atom stereocenters. The lowest BCUT2D eigenvalue weighted by Gasteiger charge is -2.31. The lowest BCUT2D eigenvalue weighted by Crippen LogP contribution is -2.48. The summed E-state index contributed by atoms with van der Waals surface area (Å²) in [5, 5.41) is 5.63. The second-order valence-electron chi connectivity index (χ2n) is 8.44. The Morgan fingerprint density at radius 1 is 1.06 bits per heavy atom. The molecular weight excluding hydrogens is 428 g/mol. The number of likely N-dealkylation sites (tertiary alicyclic amines) is 1. The molecule has 0 saturated carbocycles. The van der Waals surface area contributed by atoms with Gasteiger partial charge in [0.25, 0.3) is 0 Å². The van der Waals surface area contributed by atoms with Crippen molar-refractivity contribution in [2.75, 3.05) is 25.4 Å². The standard InChI is InChI=1S/C24H31F2N5O2/c1-15-18(7-9-22(27)30-15)13-28-24(33)19(17-6-8-20(25)21(26)12-17)14-29-23(32)16(2)31-10-4-3-5-11-31/h6-9,12,16,19H,3-5,10-11,13-14H2,1-2H3,(H2,27,30)(H,28,33)(H,29,32)/t16-,19+/m1/s1. The zero-order chi connectivity index (χ0) is 24.0. The van der Waals surface area contributed by atoms with Crippen molar-refractivity contribution < 1.29 is 18.4 Å². The van der Waals surface area contributed by atoms with Gasteiger partial charge in [-0.25, -0.2) is 13.8 Å². The largest absolute Gasteiger partial charge is 0.384 e. The number of anilines is 1. The molecule has 3 rings (SSSR count). The van der Waals surface area contributed by atoms with Gasteiger partial charge in [-0.1, -0.05) is 18.6 Å². The number of hydrogen-bond acceptors (Lipinski definition) is 5. The summed E-state index contributed by atoms with van der Waals surface area (Å²) in [5.41, 5.74) is 7.42. The fourth-order valence-corrected chi connectivity index (χ4v) is 4.01.